The van der Waals surface area contributed by atoms with Crippen LogP contribution in [0.3, 0.4) is 0 Å². The van der Waals surface area contributed by atoms with E-state index in [0.717, 1.165) is 12.8 Å². The van der Waals surface area contributed by atoms with Crippen LogP contribution in [0.25, 0.3) is 0 Å². The molecule has 0 aliphatic carbocycles. The lowest BCUT2D eigenvalue weighted by molar-refractivity contribution is -0.161. The minimum Gasteiger partial charge on any atom is -0.503 e. The highest BCUT2D eigenvalue weighted by Gasteiger charge is 2.35. The lowest BCUT2D eigenvalue weighted by Gasteiger charge is -2.31. The largest absolute Gasteiger partial charge is 0.503 e. The van der Waals surface area contributed by atoms with Crippen LogP contribution >= 0.6 is 0 Å². The Morgan fingerprint density at radius 2 is 2.09 bits per heavy atom. The van der Waals surface area contributed by atoms with Crippen LogP contribution in [0.15, 0.2) is 12.3 Å². The summed E-state index contributed by atoms with van der Waals surface area (Å²) in [5, 5.41) is 12.9. The van der Waals surface area contributed by atoms with E-state index in [1.807, 2.05) is 6.92 Å². The second-order valence-corrected chi connectivity index (χ2v) is 8.54. The highest BCUT2D eigenvalue weighted by atomic mass is 16.6. The first-order valence-corrected chi connectivity index (χ1v) is 11.1. The lowest BCUT2D eigenvalue weighted by atomic mass is 9.89. The summed E-state index contributed by atoms with van der Waals surface area (Å²) in [4.78, 5) is 29.5. The van der Waals surface area contributed by atoms with Gasteiger partial charge in [-0.15, -0.1) is 0 Å². The van der Waals surface area contributed by atoms with Gasteiger partial charge in [0.25, 0.3) is 5.91 Å². The van der Waals surface area contributed by atoms with Crippen LogP contribution in [0.1, 0.15) is 56.9 Å². The normalized spacial score (nSPS) is 24.2. The molecule has 180 valence electrons. The number of methoxy groups -OCH3 is 2. The molecule has 1 aromatic heterocycles. The molecule has 0 aromatic carbocycles. The summed E-state index contributed by atoms with van der Waals surface area (Å²) in [6, 6.07) is 0.587. The van der Waals surface area contributed by atoms with Gasteiger partial charge in [0.1, 0.15) is 12.1 Å². The van der Waals surface area contributed by atoms with Crippen molar-refractivity contribution in [2.45, 2.75) is 64.7 Å². The fourth-order valence-corrected chi connectivity index (χ4v) is 3.86. The molecule has 1 fully saturated rings. The summed E-state index contributed by atoms with van der Waals surface area (Å²) in [6.07, 6.45) is 3.32. The number of pyridine rings is 1. The third-order valence-electron chi connectivity index (χ3n) is 5.52. The molecular weight excluding hydrogens is 416 g/mol. The van der Waals surface area contributed by atoms with Crippen LogP contribution in [-0.4, -0.2) is 67.7 Å². The number of amides is 1. The number of ether oxygens (including phenoxy) is 4. The van der Waals surface area contributed by atoms with Gasteiger partial charge in [-0.05, 0) is 38.0 Å². The molecule has 1 aromatic rings. The van der Waals surface area contributed by atoms with E-state index < -0.39 is 24.0 Å². The van der Waals surface area contributed by atoms with E-state index in [1.165, 1.54) is 19.4 Å². The molecule has 2 heterocycles. The number of esters is 1. The summed E-state index contributed by atoms with van der Waals surface area (Å²) < 4.78 is 22.2. The molecule has 1 aliphatic heterocycles. The van der Waals surface area contributed by atoms with Crippen LogP contribution in [0.2, 0.25) is 0 Å². The van der Waals surface area contributed by atoms with E-state index in [9.17, 15) is 14.7 Å². The molecule has 1 aliphatic rings. The average Bonchev–Trinajstić information content (AvgIpc) is 2.80. The highest BCUT2D eigenvalue weighted by Crippen LogP contribution is 2.29. The molecule has 2 rings (SSSR count). The second-order valence-electron chi connectivity index (χ2n) is 8.54. The topological polar surface area (TPSA) is 116 Å². The maximum atomic E-state index is 12.9. The van der Waals surface area contributed by atoms with Gasteiger partial charge in [-0.1, -0.05) is 20.3 Å². The maximum absolute atomic E-state index is 12.9. The van der Waals surface area contributed by atoms with Crippen molar-refractivity contribution in [1.82, 2.24) is 10.3 Å². The molecule has 0 saturated carbocycles. The molecule has 9 heteroatoms. The Balaban J connectivity index is 2.16. The van der Waals surface area contributed by atoms with Gasteiger partial charge >= 0.3 is 5.97 Å². The first kappa shape index (κ1) is 25.9. The summed E-state index contributed by atoms with van der Waals surface area (Å²) >= 11 is 0. The Morgan fingerprint density at radius 3 is 2.75 bits per heavy atom. The van der Waals surface area contributed by atoms with Crippen molar-refractivity contribution in [3.63, 3.8) is 0 Å². The van der Waals surface area contributed by atoms with Crippen molar-refractivity contribution >= 4 is 11.9 Å². The molecule has 1 saturated heterocycles. The first-order chi connectivity index (χ1) is 15.3. The van der Waals surface area contributed by atoms with E-state index in [-0.39, 0.29) is 29.2 Å². The van der Waals surface area contributed by atoms with E-state index >= 15 is 0 Å². The van der Waals surface area contributed by atoms with Crippen molar-refractivity contribution in [1.29, 1.82) is 0 Å². The van der Waals surface area contributed by atoms with Gasteiger partial charge in [-0.3, -0.25) is 4.79 Å². The summed E-state index contributed by atoms with van der Waals surface area (Å²) in [5.74, 6) is -0.933. The molecule has 4 atom stereocenters. The lowest BCUT2D eigenvalue weighted by Crippen LogP contribution is -2.44. The first-order valence-electron chi connectivity index (χ1n) is 11.1. The number of cyclic esters (lactones) is 1. The number of rotatable bonds is 9. The van der Waals surface area contributed by atoms with Crippen molar-refractivity contribution in [2.75, 3.05) is 27.4 Å². The van der Waals surface area contributed by atoms with Gasteiger partial charge in [-0.2, -0.15) is 0 Å². The molecule has 0 bridgehead atoms. The fourth-order valence-electron chi connectivity index (χ4n) is 3.86. The van der Waals surface area contributed by atoms with Gasteiger partial charge in [0.2, 0.25) is 0 Å². The Morgan fingerprint density at radius 1 is 1.34 bits per heavy atom. The highest BCUT2D eigenvalue weighted by molar-refractivity contribution is 5.97. The van der Waals surface area contributed by atoms with Gasteiger partial charge in [-0.25, -0.2) is 9.78 Å². The number of hydrogen-bond donors (Lipinski definition) is 2. The molecule has 0 spiro atoms. The van der Waals surface area contributed by atoms with Crippen molar-refractivity contribution in [3.8, 4) is 11.5 Å². The predicted octanol–water partition coefficient (Wildman–Crippen LogP) is 2.70. The number of nitrogens with one attached hydrogen (secondary N) is 1. The van der Waals surface area contributed by atoms with E-state index in [0.29, 0.717) is 32.0 Å². The quantitative estimate of drug-likeness (QED) is 0.550. The predicted molar refractivity (Wildman–Crippen MR) is 118 cm³/mol. The van der Waals surface area contributed by atoms with Crippen LogP contribution in [-0.2, 0) is 19.0 Å². The van der Waals surface area contributed by atoms with Gasteiger partial charge in [0, 0.05) is 32.6 Å². The number of aromatic hydroxyl groups is 1. The summed E-state index contributed by atoms with van der Waals surface area (Å²) in [6.45, 7) is 7.13. The smallest absolute Gasteiger partial charge is 0.329 e. The second kappa shape index (κ2) is 12.6. The van der Waals surface area contributed by atoms with Crippen LogP contribution in [0, 0.1) is 11.8 Å². The van der Waals surface area contributed by atoms with Gasteiger partial charge in [0.05, 0.1) is 13.2 Å². The van der Waals surface area contributed by atoms with E-state index in [2.05, 4.69) is 24.1 Å². The number of carbonyl (C=O) groups excluding carboxylic acids is 2. The van der Waals surface area contributed by atoms with Gasteiger partial charge < -0.3 is 29.4 Å². The van der Waals surface area contributed by atoms with Crippen molar-refractivity contribution in [3.05, 3.63) is 18.0 Å². The fraction of sp³-hybridized carbons (Fsp3) is 0.696. The molecule has 4 unspecified atom stereocenters. The van der Waals surface area contributed by atoms with E-state index in [4.69, 9.17) is 18.9 Å². The van der Waals surface area contributed by atoms with Crippen molar-refractivity contribution < 1.29 is 33.6 Å². The minimum atomic E-state index is -0.857. The number of nitrogens with zero attached hydrogens (tertiary/aromatic N) is 1. The SMILES string of the molecule is COCCC1CCCC(NC(=O)c2nccc(OC)c2O)C(=O)OC(C)C1OCC(C)C. The Kier molecular flexibility index (Phi) is 10.2. The standard InChI is InChI=1S/C23H36N2O7/c1-14(2)13-31-21-15(3)32-23(28)17(8-6-7-16(21)10-12-29-4)25-22(27)19-20(26)18(30-5)9-11-24-19/h9,11,14-17,21,26H,6-8,10,12-13H2,1-5H3,(H,25,27). The summed E-state index contributed by atoms with van der Waals surface area (Å²) in [5.41, 5.74) is -0.207. The van der Waals surface area contributed by atoms with Crippen molar-refractivity contribution in [2.24, 2.45) is 11.8 Å². The maximum Gasteiger partial charge on any atom is 0.329 e. The zero-order valence-corrected chi connectivity index (χ0v) is 19.6. The molecule has 0 radical (unpaired) electrons. The van der Waals surface area contributed by atoms with Crippen LogP contribution in [0.5, 0.6) is 11.5 Å². The number of aromatic nitrogens is 1. The molecular formula is C23H36N2O7. The Labute approximate surface area is 189 Å². The third kappa shape index (κ3) is 7.06. The van der Waals surface area contributed by atoms with Crippen LogP contribution < -0.4 is 10.1 Å². The molecule has 1 amide bonds. The zero-order chi connectivity index (χ0) is 23.7. The zero-order valence-electron chi connectivity index (χ0n) is 19.6. The van der Waals surface area contributed by atoms with E-state index in [1.54, 1.807) is 7.11 Å². The summed E-state index contributed by atoms with van der Waals surface area (Å²) in [7, 11) is 3.04. The Hall–Kier alpha value is -2.39. The number of hydrogen-bond acceptors (Lipinski definition) is 8. The number of carbonyl (C=O) groups is 2. The molecule has 2 N–H and O–H groups in total. The van der Waals surface area contributed by atoms with Gasteiger partial charge in [0.15, 0.2) is 17.2 Å². The monoisotopic (exact) mass is 452 g/mol. The molecule has 32 heavy (non-hydrogen) atoms. The van der Waals surface area contributed by atoms with Crippen LogP contribution in [0.4, 0.5) is 0 Å². The average molecular weight is 453 g/mol. The molecule has 9 nitrogen and oxygen atoms in total. The minimum absolute atomic E-state index is 0.127. The third-order valence-corrected chi connectivity index (χ3v) is 5.52. The Bertz CT molecular complexity index is 756.